The number of hydrogen-bond donors (Lipinski definition) is 1. The molecule has 170 valence electrons. The minimum absolute atomic E-state index is 0.0788. The van der Waals surface area contributed by atoms with Gasteiger partial charge < -0.3 is 24.4 Å². The van der Waals surface area contributed by atoms with E-state index in [1.165, 1.54) is 0 Å². The second kappa shape index (κ2) is 9.00. The molecule has 1 fully saturated rings. The predicted octanol–water partition coefficient (Wildman–Crippen LogP) is 2.61. The number of carbonyl (C=O) groups excluding carboxylic acids is 1. The maximum Gasteiger partial charge on any atom is 0.223 e. The molecule has 7 heteroatoms. The summed E-state index contributed by atoms with van der Waals surface area (Å²) in [6.45, 7) is 7.81. The summed E-state index contributed by atoms with van der Waals surface area (Å²) in [5.74, 6) is 1.72. The van der Waals surface area contributed by atoms with Crippen LogP contribution in [-0.4, -0.2) is 68.4 Å². The van der Waals surface area contributed by atoms with Crippen molar-refractivity contribution in [1.82, 2.24) is 4.90 Å². The quantitative estimate of drug-likeness (QED) is 0.793. The Morgan fingerprint density at radius 3 is 2.56 bits per heavy atom. The third-order valence-corrected chi connectivity index (χ3v) is 6.68. The van der Waals surface area contributed by atoms with Crippen molar-refractivity contribution in [1.29, 1.82) is 0 Å². The monoisotopic (exact) mass is 437 g/mol. The Morgan fingerprint density at radius 1 is 1.00 bits per heavy atom. The van der Waals surface area contributed by atoms with Crippen LogP contribution in [0.25, 0.3) is 0 Å². The van der Waals surface area contributed by atoms with E-state index >= 15 is 0 Å². The summed E-state index contributed by atoms with van der Waals surface area (Å²) in [5.41, 5.74) is 4.24. The van der Waals surface area contributed by atoms with E-state index < -0.39 is 6.10 Å². The van der Waals surface area contributed by atoms with Crippen molar-refractivity contribution in [3.05, 3.63) is 47.5 Å². The number of amides is 1. The van der Waals surface area contributed by atoms with Gasteiger partial charge in [0.05, 0.1) is 6.10 Å². The van der Waals surface area contributed by atoms with E-state index in [2.05, 4.69) is 28.0 Å². The summed E-state index contributed by atoms with van der Waals surface area (Å²) in [6.07, 6.45) is 1.39. The fraction of sp³-hybridized carbons (Fsp3) is 0.480. The van der Waals surface area contributed by atoms with Crippen LogP contribution in [0.1, 0.15) is 30.6 Å². The Labute approximate surface area is 189 Å². The van der Waals surface area contributed by atoms with E-state index in [1.807, 2.05) is 23.1 Å². The van der Waals surface area contributed by atoms with Gasteiger partial charge in [-0.1, -0.05) is 12.1 Å². The lowest BCUT2D eigenvalue weighted by Gasteiger charge is -2.37. The molecular formula is C25H31N3O4. The molecule has 1 amide bonds. The number of fused-ring (bicyclic) bond motifs is 2. The average molecular weight is 438 g/mol. The summed E-state index contributed by atoms with van der Waals surface area (Å²) in [7, 11) is 0. The topological polar surface area (TPSA) is 65.5 Å². The standard InChI is InChI=1S/C25H31N3O4/c1-18(29)28-8-2-3-19-15-20(4-6-22(19)28)23(30)17-26-9-11-27(12-10-26)21-5-7-24-25(16-21)32-14-13-31-24/h4-7,15-16,23,30H,2-3,8-14,17H2,1H3/t23-/m1/s1. The third-order valence-electron chi connectivity index (χ3n) is 6.68. The molecule has 7 nitrogen and oxygen atoms in total. The number of nitrogens with zero attached hydrogens (tertiary/aromatic N) is 3. The first-order chi connectivity index (χ1) is 15.6. The molecule has 0 saturated carbocycles. The highest BCUT2D eigenvalue weighted by Gasteiger charge is 2.24. The number of piperazine rings is 1. The van der Waals surface area contributed by atoms with Crippen LogP contribution in [-0.2, 0) is 11.2 Å². The first-order valence-corrected chi connectivity index (χ1v) is 11.5. The molecule has 1 atom stereocenters. The molecular weight excluding hydrogens is 406 g/mol. The van der Waals surface area contributed by atoms with Crippen LogP contribution in [0.15, 0.2) is 36.4 Å². The number of benzene rings is 2. The molecule has 3 heterocycles. The lowest BCUT2D eigenvalue weighted by molar-refractivity contribution is -0.116. The Hall–Kier alpha value is -2.77. The molecule has 2 aromatic rings. The number of aliphatic hydroxyl groups excluding tert-OH is 1. The second-order valence-corrected chi connectivity index (χ2v) is 8.79. The summed E-state index contributed by atoms with van der Waals surface area (Å²) in [5, 5.41) is 10.9. The van der Waals surface area contributed by atoms with Gasteiger partial charge in [-0.2, -0.15) is 0 Å². The Balaban J connectivity index is 1.19. The average Bonchev–Trinajstić information content (AvgIpc) is 2.83. The highest BCUT2D eigenvalue weighted by atomic mass is 16.6. The molecule has 0 bridgehead atoms. The summed E-state index contributed by atoms with van der Waals surface area (Å²) < 4.78 is 11.3. The molecule has 0 spiro atoms. The van der Waals surface area contributed by atoms with Crippen LogP contribution in [0.5, 0.6) is 11.5 Å². The molecule has 3 aliphatic rings. The van der Waals surface area contributed by atoms with Gasteiger partial charge in [-0.15, -0.1) is 0 Å². The van der Waals surface area contributed by atoms with Crippen molar-refractivity contribution in [2.45, 2.75) is 25.9 Å². The molecule has 32 heavy (non-hydrogen) atoms. The van der Waals surface area contributed by atoms with Crippen molar-refractivity contribution in [3.8, 4) is 11.5 Å². The molecule has 1 N–H and O–H groups in total. The minimum atomic E-state index is -0.533. The van der Waals surface area contributed by atoms with Gasteiger partial charge in [0, 0.05) is 63.6 Å². The number of carbonyl (C=O) groups is 1. The highest BCUT2D eigenvalue weighted by Crippen LogP contribution is 2.34. The SMILES string of the molecule is CC(=O)N1CCCc2cc([C@H](O)CN3CCN(c4ccc5c(c4)OCCO5)CC3)ccc21. The first kappa shape index (κ1) is 21.1. The Bertz CT molecular complexity index is 987. The van der Waals surface area contributed by atoms with Crippen LogP contribution in [0.2, 0.25) is 0 Å². The maximum absolute atomic E-state index is 11.9. The number of aliphatic hydroxyl groups is 1. The van der Waals surface area contributed by atoms with Gasteiger partial charge in [0.1, 0.15) is 13.2 Å². The van der Waals surface area contributed by atoms with Crippen LogP contribution < -0.4 is 19.3 Å². The molecule has 0 radical (unpaired) electrons. The number of β-amino-alcohol motifs (C(OH)–C–C–N with tert-alkyl or cyclic N) is 1. The van der Waals surface area contributed by atoms with Gasteiger partial charge >= 0.3 is 0 Å². The van der Waals surface area contributed by atoms with Gasteiger partial charge in [-0.3, -0.25) is 9.69 Å². The van der Waals surface area contributed by atoms with Crippen LogP contribution in [0, 0.1) is 0 Å². The lowest BCUT2D eigenvalue weighted by atomic mass is 9.97. The van der Waals surface area contributed by atoms with E-state index in [0.717, 1.165) is 79.6 Å². The minimum Gasteiger partial charge on any atom is -0.486 e. The second-order valence-electron chi connectivity index (χ2n) is 8.79. The number of ether oxygens (including phenoxy) is 2. The zero-order valence-corrected chi connectivity index (χ0v) is 18.6. The summed E-state index contributed by atoms with van der Waals surface area (Å²) in [6, 6.07) is 12.2. The maximum atomic E-state index is 11.9. The number of aryl methyl sites for hydroxylation is 1. The Kier molecular flexibility index (Phi) is 5.93. The molecule has 2 aromatic carbocycles. The van der Waals surface area contributed by atoms with Gasteiger partial charge in [-0.05, 0) is 42.2 Å². The molecule has 5 rings (SSSR count). The lowest BCUT2D eigenvalue weighted by Crippen LogP contribution is -2.47. The highest BCUT2D eigenvalue weighted by molar-refractivity contribution is 5.92. The number of rotatable bonds is 4. The van der Waals surface area contributed by atoms with Gasteiger partial charge in [0.2, 0.25) is 5.91 Å². The normalized spacial score (nSPS) is 19.4. The Morgan fingerprint density at radius 2 is 1.78 bits per heavy atom. The van der Waals surface area contributed by atoms with E-state index in [0.29, 0.717) is 19.8 Å². The van der Waals surface area contributed by atoms with Crippen molar-refractivity contribution in [2.75, 3.05) is 62.3 Å². The van der Waals surface area contributed by atoms with Crippen molar-refractivity contribution in [2.24, 2.45) is 0 Å². The zero-order chi connectivity index (χ0) is 22.1. The molecule has 1 saturated heterocycles. The van der Waals surface area contributed by atoms with Gasteiger partial charge in [0.15, 0.2) is 11.5 Å². The fourth-order valence-electron chi connectivity index (χ4n) is 4.92. The predicted molar refractivity (Wildman–Crippen MR) is 124 cm³/mol. The van der Waals surface area contributed by atoms with E-state index in [-0.39, 0.29) is 5.91 Å². The molecule has 0 aliphatic carbocycles. The fourth-order valence-corrected chi connectivity index (χ4v) is 4.92. The largest absolute Gasteiger partial charge is 0.486 e. The van der Waals surface area contributed by atoms with E-state index in [9.17, 15) is 9.90 Å². The first-order valence-electron chi connectivity index (χ1n) is 11.5. The van der Waals surface area contributed by atoms with Gasteiger partial charge in [-0.25, -0.2) is 0 Å². The van der Waals surface area contributed by atoms with Crippen LogP contribution in [0.4, 0.5) is 11.4 Å². The molecule has 0 unspecified atom stereocenters. The van der Waals surface area contributed by atoms with Crippen molar-refractivity contribution in [3.63, 3.8) is 0 Å². The smallest absolute Gasteiger partial charge is 0.223 e. The van der Waals surface area contributed by atoms with Crippen LogP contribution >= 0.6 is 0 Å². The summed E-state index contributed by atoms with van der Waals surface area (Å²) >= 11 is 0. The number of hydrogen-bond acceptors (Lipinski definition) is 6. The van der Waals surface area contributed by atoms with Gasteiger partial charge in [0.25, 0.3) is 0 Å². The van der Waals surface area contributed by atoms with Crippen molar-refractivity contribution >= 4 is 17.3 Å². The van der Waals surface area contributed by atoms with Crippen LogP contribution in [0.3, 0.4) is 0 Å². The molecule has 0 aromatic heterocycles. The van der Waals surface area contributed by atoms with E-state index in [4.69, 9.17) is 9.47 Å². The van der Waals surface area contributed by atoms with Crippen molar-refractivity contribution < 1.29 is 19.4 Å². The molecule has 3 aliphatic heterocycles. The summed E-state index contributed by atoms with van der Waals surface area (Å²) in [4.78, 5) is 18.4. The third kappa shape index (κ3) is 4.27. The number of anilines is 2. The zero-order valence-electron chi connectivity index (χ0n) is 18.6. The van der Waals surface area contributed by atoms with E-state index in [1.54, 1.807) is 6.92 Å².